The highest BCUT2D eigenvalue weighted by Gasteiger charge is 2.22. The summed E-state index contributed by atoms with van der Waals surface area (Å²) < 4.78 is 19.9. The lowest BCUT2D eigenvalue weighted by molar-refractivity contribution is -0.113. The fourth-order valence-corrected chi connectivity index (χ4v) is 5.35. The van der Waals surface area contributed by atoms with Crippen molar-refractivity contribution >= 4 is 34.4 Å². The van der Waals surface area contributed by atoms with Crippen LogP contribution in [0, 0.1) is 5.82 Å². The van der Waals surface area contributed by atoms with E-state index >= 15 is 0 Å². The zero-order valence-electron chi connectivity index (χ0n) is 19.1. The maximum Gasteiger partial charge on any atom is 0.235 e. The number of carbonyl (C=O) groups excluding carboxylic acids is 1. The van der Waals surface area contributed by atoms with Crippen molar-refractivity contribution in [1.29, 1.82) is 0 Å². The second-order valence-corrected chi connectivity index (χ2v) is 9.77. The fourth-order valence-electron chi connectivity index (χ4n) is 4.59. The van der Waals surface area contributed by atoms with E-state index in [1.54, 1.807) is 7.11 Å². The van der Waals surface area contributed by atoms with Crippen LogP contribution in [0.4, 0.5) is 10.2 Å². The second-order valence-electron chi connectivity index (χ2n) is 8.75. The summed E-state index contributed by atoms with van der Waals surface area (Å²) in [7, 11) is 1.61. The normalized spacial score (nSPS) is 20.1. The molecule has 3 N–H and O–H groups in total. The number of amides is 1. The van der Waals surface area contributed by atoms with Gasteiger partial charge < -0.3 is 20.7 Å². The molecule has 2 atom stereocenters. The molecule has 1 fully saturated rings. The number of ether oxygens (including phenoxy) is 1. The number of halogens is 1. The maximum atomic E-state index is 14.6. The number of aromatic nitrogens is 2. The van der Waals surface area contributed by atoms with Crippen molar-refractivity contribution in [3.8, 4) is 5.75 Å². The maximum absolute atomic E-state index is 14.6. The summed E-state index contributed by atoms with van der Waals surface area (Å²) in [5, 5.41) is 10.9. The number of hydrogen-bond acceptors (Lipinski definition) is 7. The lowest BCUT2D eigenvalue weighted by Gasteiger charge is -2.31. The van der Waals surface area contributed by atoms with Gasteiger partial charge in [-0.1, -0.05) is 0 Å². The average Bonchev–Trinajstić information content (AvgIpc) is 2.87. The highest BCUT2D eigenvalue weighted by molar-refractivity contribution is 8.00. The Morgan fingerprint density at radius 1 is 1.26 bits per heavy atom. The van der Waals surface area contributed by atoms with Crippen molar-refractivity contribution in [2.75, 3.05) is 24.7 Å². The van der Waals surface area contributed by atoms with Gasteiger partial charge in [-0.25, -0.2) is 9.37 Å². The van der Waals surface area contributed by atoms with Crippen molar-refractivity contribution in [3.63, 3.8) is 0 Å². The van der Waals surface area contributed by atoms with E-state index in [9.17, 15) is 9.18 Å². The molecule has 2 aromatic heterocycles. The van der Waals surface area contributed by atoms with Crippen LogP contribution in [0.15, 0.2) is 41.4 Å². The number of benzene rings is 1. The molecule has 4 heterocycles. The summed E-state index contributed by atoms with van der Waals surface area (Å²) >= 11 is 1.52. The number of nitrogens with zero attached hydrogens (tertiary/aromatic N) is 2. The van der Waals surface area contributed by atoms with Gasteiger partial charge in [0.1, 0.15) is 17.4 Å². The van der Waals surface area contributed by atoms with Gasteiger partial charge in [0.25, 0.3) is 0 Å². The Kier molecular flexibility index (Phi) is 6.94. The zero-order valence-corrected chi connectivity index (χ0v) is 19.9. The van der Waals surface area contributed by atoms with E-state index in [0.717, 1.165) is 47.3 Å². The molecule has 7 nitrogen and oxygen atoms in total. The summed E-state index contributed by atoms with van der Waals surface area (Å²) in [6, 6.07) is 10.3. The standard InChI is InChI=1S/C25H28FN5O2S/c1-33-18-6-8-22-20(10-18)19(21(26)13-29-22)7-4-15-2-3-16(11-27-15)28-12-17-5-9-23-25(30-17)31-24(32)14-34-23/h5-6,8-10,13,15-16,27-28H,2-4,7,11-12,14H2,1H3,(H,30,31,32). The molecule has 0 spiro atoms. The first-order valence-electron chi connectivity index (χ1n) is 11.6. The minimum atomic E-state index is -0.261. The highest BCUT2D eigenvalue weighted by Crippen LogP contribution is 2.30. The summed E-state index contributed by atoms with van der Waals surface area (Å²) in [6.07, 6.45) is 4.90. The number of hydrogen-bond donors (Lipinski definition) is 3. The van der Waals surface area contributed by atoms with Crippen LogP contribution in [-0.2, 0) is 17.8 Å². The monoisotopic (exact) mass is 481 g/mol. The molecule has 0 saturated carbocycles. The molecule has 1 saturated heterocycles. The average molecular weight is 482 g/mol. The van der Waals surface area contributed by atoms with Crippen LogP contribution in [0.5, 0.6) is 5.75 Å². The summed E-state index contributed by atoms with van der Waals surface area (Å²) in [5.74, 6) is 1.55. The minimum absolute atomic E-state index is 0.00332. The van der Waals surface area contributed by atoms with Crippen LogP contribution in [0.2, 0.25) is 0 Å². The van der Waals surface area contributed by atoms with E-state index in [1.165, 1.54) is 18.0 Å². The van der Waals surface area contributed by atoms with Crippen LogP contribution >= 0.6 is 11.8 Å². The van der Waals surface area contributed by atoms with Gasteiger partial charge in [0.2, 0.25) is 5.91 Å². The number of piperidine rings is 1. The number of anilines is 1. The SMILES string of the molecule is COc1ccc2ncc(F)c(CCC3CCC(NCc4ccc5c(n4)NC(=O)CS5)CN3)c2c1. The Bertz CT molecular complexity index is 1200. The third-order valence-corrected chi connectivity index (χ3v) is 7.54. The Balaban J connectivity index is 1.13. The molecule has 0 bridgehead atoms. The molecular formula is C25H28FN5O2S. The van der Waals surface area contributed by atoms with Crippen LogP contribution in [0.25, 0.3) is 10.9 Å². The smallest absolute Gasteiger partial charge is 0.235 e. The van der Waals surface area contributed by atoms with Crippen LogP contribution < -0.4 is 20.7 Å². The Hall–Kier alpha value is -2.75. The van der Waals surface area contributed by atoms with Crippen molar-refractivity contribution in [2.24, 2.45) is 0 Å². The van der Waals surface area contributed by atoms with Gasteiger partial charge in [0.15, 0.2) is 0 Å². The lowest BCUT2D eigenvalue weighted by Crippen LogP contribution is -2.47. The number of pyridine rings is 2. The minimum Gasteiger partial charge on any atom is -0.497 e. The number of aryl methyl sites for hydroxylation is 1. The fraction of sp³-hybridized carbons (Fsp3) is 0.400. The first-order chi connectivity index (χ1) is 16.6. The van der Waals surface area contributed by atoms with E-state index in [-0.39, 0.29) is 11.7 Å². The van der Waals surface area contributed by atoms with Gasteiger partial charge >= 0.3 is 0 Å². The molecular weight excluding hydrogens is 453 g/mol. The molecule has 34 heavy (non-hydrogen) atoms. The molecule has 5 rings (SSSR count). The molecule has 0 aliphatic carbocycles. The molecule has 1 aromatic carbocycles. The molecule has 2 aliphatic heterocycles. The number of thioether (sulfide) groups is 1. The number of nitrogens with one attached hydrogen (secondary N) is 3. The summed E-state index contributed by atoms with van der Waals surface area (Å²) in [5.41, 5.74) is 2.40. The largest absolute Gasteiger partial charge is 0.497 e. The third kappa shape index (κ3) is 5.16. The Morgan fingerprint density at radius 3 is 3.00 bits per heavy atom. The van der Waals surface area contributed by atoms with Crippen molar-refractivity contribution in [2.45, 2.75) is 49.2 Å². The van der Waals surface area contributed by atoms with Crippen LogP contribution in [0.1, 0.15) is 30.5 Å². The number of fused-ring (bicyclic) bond motifs is 2. The predicted octanol–water partition coefficient (Wildman–Crippen LogP) is 3.66. The highest BCUT2D eigenvalue weighted by atomic mass is 32.2. The lowest BCUT2D eigenvalue weighted by atomic mass is 9.94. The van der Waals surface area contributed by atoms with Crippen molar-refractivity contribution in [3.05, 3.63) is 53.6 Å². The topological polar surface area (TPSA) is 88.2 Å². The quantitative estimate of drug-likeness (QED) is 0.475. The van der Waals surface area contributed by atoms with Gasteiger partial charge in [0, 0.05) is 30.6 Å². The summed E-state index contributed by atoms with van der Waals surface area (Å²) in [6.45, 7) is 1.51. The number of methoxy groups -OCH3 is 1. The first-order valence-corrected chi connectivity index (χ1v) is 12.6. The van der Waals surface area contributed by atoms with Gasteiger partial charge in [-0.15, -0.1) is 11.8 Å². The van der Waals surface area contributed by atoms with Gasteiger partial charge in [-0.2, -0.15) is 0 Å². The van der Waals surface area contributed by atoms with E-state index in [1.807, 2.05) is 30.3 Å². The summed E-state index contributed by atoms with van der Waals surface area (Å²) in [4.78, 5) is 21.4. The number of carbonyl (C=O) groups is 1. The third-order valence-electron chi connectivity index (χ3n) is 6.50. The Morgan fingerprint density at radius 2 is 2.18 bits per heavy atom. The molecule has 3 aromatic rings. The zero-order chi connectivity index (χ0) is 23.5. The Labute approximate surface area is 202 Å². The molecule has 0 radical (unpaired) electrons. The second kappa shape index (κ2) is 10.2. The predicted molar refractivity (Wildman–Crippen MR) is 132 cm³/mol. The van der Waals surface area contributed by atoms with Crippen LogP contribution in [-0.4, -0.2) is 47.4 Å². The molecule has 1 amide bonds. The molecule has 9 heteroatoms. The first kappa shape index (κ1) is 23.0. The van der Waals surface area contributed by atoms with E-state index in [4.69, 9.17) is 4.74 Å². The van der Waals surface area contributed by atoms with Crippen molar-refractivity contribution < 1.29 is 13.9 Å². The van der Waals surface area contributed by atoms with E-state index < -0.39 is 0 Å². The molecule has 2 aliphatic rings. The molecule has 2 unspecified atom stereocenters. The van der Waals surface area contributed by atoms with Crippen LogP contribution in [0.3, 0.4) is 0 Å². The van der Waals surface area contributed by atoms with E-state index in [0.29, 0.717) is 47.9 Å². The van der Waals surface area contributed by atoms with Gasteiger partial charge in [-0.05, 0) is 61.6 Å². The number of rotatable bonds is 7. The van der Waals surface area contributed by atoms with E-state index in [2.05, 4.69) is 25.9 Å². The van der Waals surface area contributed by atoms with Crippen molar-refractivity contribution in [1.82, 2.24) is 20.6 Å². The van der Waals surface area contributed by atoms with Gasteiger partial charge in [-0.3, -0.25) is 9.78 Å². The van der Waals surface area contributed by atoms with Gasteiger partial charge in [0.05, 0.1) is 35.2 Å². The molecule has 178 valence electrons.